The second-order valence-electron chi connectivity index (χ2n) is 5.95. The van der Waals surface area contributed by atoms with Crippen LogP contribution in [0.25, 0.3) is 0 Å². The van der Waals surface area contributed by atoms with Crippen molar-refractivity contribution in [3.63, 3.8) is 0 Å². The zero-order valence-electron chi connectivity index (χ0n) is 14.4. The van der Waals surface area contributed by atoms with Crippen molar-refractivity contribution in [2.75, 3.05) is 26.1 Å². The summed E-state index contributed by atoms with van der Waals surface area (Å²) in [6.45, 7) is -0.190. The molecule has 1 fully saturated rings. The predicted molar refractivity (Wildman–Crippen MR) is 93.3 cm³/mol. The molecule has 0 bridgehead atoms. The molecule has 1 N–H and O–H groups in total. The van der Waals surface area contributed by atoms with Crippen LogP contribution in [0.5, 0.6) is 5.75 Å². The van der Waals surface area contributed by atoms with E-state index in [0.717, 1.165) is 0 Å². The summed E-state index contributed by atoms with van der Waals surface area (Å²) in [6.07, 6.45) is -0.922. The molecule has 26 heavy (non-hydrogen) atoms. The number of rotatable bonds is 4. The Morgan fingerprint density at radius 2 is 2.00 bits per heavy atom. The number of benzene rings is 2. The Kier molecular flexibility index (Phi) is 5.18. The summed E-state index contributed by atoms with van der Waals surface area (Å²) < 4.78 is 23.9. The van der Waals surface area contributed by atoms with E-state index in [9.17, 15) is 14.0 Å². The minimum absolute atomic E-state index is 0.190. The van der Waals surface area contributed by atoms with Crippen LogP contribution in [-0.4, -0.2) is 43.6 Å². The average molecular weight is 358 g/mol. The first-order valence-electron chi connectivity index (χ1n) is 8.07. The summed E-state index contributed by atoms with van der Waals surface area (Å²) in [6, 6.07) is 12.0. The molecule has 0 aliphatic carbocycles. The number of nitrogens with one attached hydrogen (secondary N) is 1. The molecule has 0 unspecified atom stereocenters. The van der Waals surface area contributed by atoms with Gasteiger partial charge in [0, 0.05) is 18.8 Å². The minimum atomic E-state index is -0.922. The van der Waals surface area contributed by atoms with Crippen LogP contribution in [0, 0.1) is 5.82 Å². The number of anilines is 1. The number of hydrogen-bond donors (Lipinski definition) is 1. The van der Waals surface area contributed by atoms with E-state index >= 15 is 0 Å². The first-order valence-corrected chi connectivity index (χ1v) is 8.07. The lowest BCUT2D eigenvalue weighted by atomic mass is 9.97. The molecule has 1 saturated heterocycles. The number of methoxy groups -OCH3 is 1. The number of likely N-dealkylation sites (N-methyl/N-ethyl adjacent to an activating group) is 1. The molecule has 2 aromatic carbocycles. The maximum Gasteiger partial charge on any atom is 0.256 e. The van der Waals surface area contributed by atoms with Gasteiger partial charge in [0.2, 0.25) is 5.91 Å². The van der Waals surface area contributed by atoms with Crippen molar-refractivity contribution < 1.29 is 23.5 Å². The molecule has 2 aromatic rings. The van der Waals surface area contributed by atoms with Gasteiger partial charge in [0.1, 0.15) is 18.2 Å². The highest BCUT2D eigenvalue weighted by atomic mass is 19.1. The zero-order valence-corrected chi connectivity index (χ0v) is 14.4. The molecule has 0 radical (unpaired) electrons. The van der Waals surface area contributed by atoms with Crippen molar-refractivity contribution in [2.45, 2.75) is 12.1 Å². The maximum atomic E-state index is 13.2. The molecule has 1 aliphatic heterocycles. The molecule has 1 aliphatic rings. The molecular weight excluding hydrogens is 339 g/mol. The van der Waals surface area contributed by atoms with Crippen LogP contribution in [-0.2, 0) is 14.3 Å². The number of nitrogens with zero attached hydrogens (tertiary/aromatic N) is 1. The first kappa shape index (κ1) is 17.9. The van der Waals surface area contributed by atoms with E-state index in [-0.39, 0.29) is 12.5 Å². The highest BCUT2D eigenvalue weighted by molar-refractivity contribution is 5.96. The lowest BCUT2D eigenvalue weighted by molar-refractivity contribution is -0.160. The Bertz CT molecular complexity index is 809. The third-order valence-electron chi connectivity index (χ3n) is 4.29. The van der Waals surface area contributed by atoms with Crippen LogP contribution < -0.4 is 10.1 Å². The molecule has 6 nitrogen and oxygen atoms in total. The smallest absolute Gasteiger partial charge is 0.256 e. The molecule has 0 saturated carbocycles. The molecule has 3 rings (SSSR count). The SMILES string of the molecule is COc1cccc(NC(=O)[C@@H]2OCC(=O)N(C)[C@H]2c2ccc(F)cc2)c1. The van der Waals surface area contributed by atoms with Gasteiger partial charge in [-0.15, -0.1) is 0 Å². The van der Waals surface area contributed by atoms with Gasteiger partial charge in [-0.1, -0.05) is 18.2 Å². The van der Waals surface area contributed by atoms with Crippen LogP contribution in [0.1, 0.15) is 11.6 Å². The fourth-order valence-electron chi connectivity index (χ4n) is 2.90. The Labute approximate surface area is 150 Å². The Morgan fingerprint density at radius 3 is 2.69 bits per heavy atom. The molecule has 0 spiro atoms. The summed E-state index contributed by atoms with van der Waals surface area (Å²) in [4.78, 5) is 26.3. The van der Waals surface area contributed by atoms with E-state index in [1.807, 2.05) is 0 Å². The van der Waals surface area contributed by atoms with Crippen molar-refractivity contribution in [2.24, 2.45) is 0 Å². The van der Waals surface area contributed by atoms with Crippen molar-refractivity contribution in [3.8, 4) is 5.75 Å². The standard InChI is InChI=1S/C19H19FN2O4/c1-22-16(23)11-26-18(17(22)12-6-8-13(20)9-7-12)19(24)21-14-4-3-5-15(10-14)25-2/h3-10,17-18H,11H2,1-2H3,(H,21,24)/t17-,18+/m0/s1. The molecule has 0 aromatic heterocycles. The molecule has 2 amide bonds. The summed E-state index contributed by atoms with van der Waals surface area (Å²) in [5, 5.41) is 2.78. The molecule has 1 heterocycles. The van der Waals surface area contributed by atoms with Crippen LogP contribution >= 0.6 is 0 Å². The monoisotopic (exact) mass is 358 g/mol. The zero-order chi connectivity index (χ0) is 18.7. The van der Waals surface area contributed by atoms with Crippen molar-refractivity contribution in [1.29, 1.82) is 0 Å². The molecule has 2 atom stereocenters. The van der Waals surface area contributed by atoms with E-state index in [1.54, 1.807) is 43.4 Å². The second-order valence-corrected chi connectivity index (χ2v) is 5.95. The summed E-state index contributed by atoms with van der Waals surface area (Å²) >= 11 is 0. The average Bonchev–Trinajstić information content (AvgIpc) is 2.65. The van der Waals surface area contributed by atoms with Crippen LogP contribution in [0.2, 0.25) is 0 Å². The van der Waals surface area contributed by atoms with Gasteiger partial charge in [-0.25, -0.2) is 4.39 Å². The van der Waals surface area contributed by atoms with E-state index in [0.29, 0.717) is 17.0 Å². The Hall–Kier alpha value is -2.93. The van der Waals surface area contributed by atoms with Crippen LogP contribution in [0.15, 0.2) is 48.5 Å². The van der Waals surface area contributed by atoms with Gasteiger partial charge in [0.25, 0.3) is 5.91 Å². The van der Waals surface area contributed by atoms with Crippen molar-refractivity contribution in [1.82, 2.24) is 4.90 Å². The number of hydrogen-bond acceptors (Lipinski definition) is 4. The third-order valence-corrected chi connectivity index (χ3v) is 4.29. The quantitative estimate of drug-likeness (QED) is 0.911. The number of carbonyl (C=O) groups excluding carboxylic acids is 2. The minimum Gasteiger partial charge on any atom is -0.497 e. The first-order chi connectivity index (χ1) is 12.5. The Balaban J connectivity index is 1.86. The number of morpholine rings is 1. The van der Waals surface area contributed by atoms with E-state index in [4.69, 9.17) is 9.47 Å². The van der Waals surface area contributed by atoms with Gasteiger partial charge in [0.15, 0.2) is 6.10 Å². The van der Waals surface area contributed by atoms with E-state index < -0.39 is 23.9 Å². The highest BCUT2D eigenvalue weighted by Crippen LogP contribution is 2.30. The number of carbonyl (C=O) groups is 2. The van der Waals surface area contributed by atoms with E-state index in [1.165, 1.54) is 24.1 Å². The van der Waals surface area contributed by atoms with Gasteiger partial charge in [-0.2, -0.15) is 0 Å². The Morgan fingerprint density at radius 1 is 1.27 bits per heavy atom. The van der Waals surface area contributed by atoms with E-state index in [2.05, 4.69) is 5.32 Å². The van der Waals surface area contributed by atoms with Crippen molar-refractivity contribution >= 4 is 17.5 Å². The highest BCUT2D eigenvalue weighted by Gasteiger charge is 2.40. The lowest BCUT2D eigenvalue weighted by Crippen LogP contribution is -2.51. The van der Waals surface area contributed by atoms with Crippen molar-refractivity contribution in [3.05, 3.63) is 59.9 Å². The second kappa shape index (κ2) is 7.53. The molecule has 136 valence electrons. The summed E-state index contributed by atoms with van der Waals surface area (Å²) in [7, 11) is 3.14. The number of amides is 2. The number of halogens is 1. The van der Waals surface area contributed by atoms with Crippen LogP contribution in [0.4, 0.5) is 10.1 Å². The van der Waals surface area contributed by atoms with Gasteiger partial charge in [-0.05, 0) is 29.8 Å². The predicted octanol–water partition coefficient (Wildman–Crippen LogP) is 2.37. The van der Waals surface area contributed by atoms with Gasteiger partial charge < -0.3 is 19.7 Å². The van der Waals surface area contributed by atoms with Gasteiger partial charge in [0.05, 0.1) is 13.2 Å². The summed E-state index contributed by atoms with van der Waals surface area (Å²) in [5.41, 5.74) is 1.17. The fraction of sp³-hybridized carbons (Fsp3) is 0.263. The van der Waals surface area contributed by atoms with Crippen LogP contribution in [0.3, 0.4) is 0 Å². The topological polar surface area (TPSA) is 67.9 Å². The molecule has 7 heteroatoms. The maximum absolute atomic E-state index is 13.2. The number of ether oxygens (including phenoxy) is 2. The molecular formula is C19H19FN2O4. The lowest BCUT2D eigenvalue weighted by Gasteiger charge is -2.38. The summed E-state index contributed by atoms with van der Waals surface area (Å²) in [5.74, 6) is -0.428. The normalized spacial score (nSPS) is 20.0. The largest absolute Gasteiger partial charge is 0.497 e. The van der Waals surface area contributed by atoms with Gasteiger partial charge in [-0.3, -0.25) is 9.59 Å². The fourth-order valence-corrected chi connectivity index (χ4v) is 2.90. The van der Waals surface area contributed by atoms with Gasteiger partial charge >= 0.3 is 0 Å². The third kappa shape index (κ3) is 3.67.